The van der Waals surface area contributed by atoms with Gasteiger partial charge in [0, 0.05) is 29.1 Å². The lowest BCUT2D eigenvalue weighted by Crippen LogP contribution is -2.34. The molecule has 0 spiro atoms. The zero-order chi connectivity index (χ0) is 15.4. The van der Waals surface area contributed by atoms with Crippen LogP contribution in [0.3, 0.4) is 0 Å². The second kappa shape index (κ2) is 7.08. The van der Waals surface area contributed by atoms with Crippen LogP contribution in [0.1, 0.15) is 10.4 Å². The Morgan fingerprint density at radius 3 is 2.81 bits per heavy atom. The molecular formula is C12H12F2N2O3S2. The van der Waals surface area contributed by atoms with Crippen LogP contribution in [0.25, 0.3) is 0 Å². The number of benzene rings is 1. The van der Waals surface area contributed by atoms with Gasteiger partial charge in [0.2, 0.25) is 5.82 Å². The molecule has 1 aliphatic rings. The molecule has 1 aromatic rings. The Morgan fingerprint density at radius 2 is 2.19 bits per heavy atom. The second-order valence-corrected chi connectivity index (χ2v) is 6.88. The molecule has 1 saturated heterocycles. The summed E-state index contributed by atoms with van der Waals surface area (Å²) < 4.78 is 27.1. The molecule has 0 radical (unpaired) electrons. The molecule has 0 aromatic heterocycles. The number of carbonyl (C=O) groups is 1. The van der Waals surface area contributed by atoms with Crippen molar-refractivity contribution in [1.29, 1.82) is 0 Å². The van der Waals surface area contributed by atoms with Gasteiger partial charge < -0.3 is 5.32 Å². The standard InChI is InChI=1S/C12H12F2N2O3S2/c13-7-3-9(11(14)10(4-7)16(18)19)12(17)15-5-8-6-20-1-2-21-8/h3-4,8H,1-2,5-6H2,(H,15,17). The zero-order valence-electron chi connectivity index (χ0n) is 10.8. The third-order valence-corrected chi connectivity index (χ3v) is 5.68. The van der Waals surface area contributed by atoms with Crippen molar-refractivity contribution in [3.63, 3.8) is 0 Å². The first-order valence-electron chi connectivity index (χ1n) is 6.10. The maximum Gasteiger partial charge on any atom is 0.308 e. The Hall–Kier alpha value is -1.35. The summed E-state index contributed by atoms with van der Waals surface area (Å²) in [5.41, 5.74) is -1.68. The lowest BCUT2D eigenvalue weighted by Gasteiger charge is -2.21. The molecule has 0 bridgehead atoms. The number of hydrogen-bond donors (Lipinski definition) is 1. The van der Waals surface area contributed by atoms with E-state index < -0.39 is 33.7 Å². The third kappa shape index (κ3) is 4.07. The van der Waals surface area contributed by atoms with Crippen molar-refractivity contribution in [2.45, 2.75) is 5.25 Å². The van der Waals surface area contributed by atoms with Gasteiger partial charge in [0.15, 0.2) is 0 Å². The van der Waals surface area contributed by atoms with E-state index in [1.807, 2.05) is 0 Å². The van der Waals surface area contributed by atoms with E-state index in [0.29, 0.717) is 18.7 Å². The number of hydrogen-bond acceptors (Lipinski definition) is 5. The van der Waals surface area contributed by atoms with E-state index in [1.165, 1.54) is 0 Å². The van der Waals surface area contributed by atoms with Crippen LogP contribution < -0.4 is 5.32 Å². The van der Waals surface area contributed by atoms with Crippen molar-refractivity contribution in [2.24, 2.45) is 0 Å². The molecule has 0 saturated carbocycles. The molecule has 2 rings (SSSR count). The molecular weight excluding hydrogens is 322 g/mol. The molecule has 1 aromatic carbocycles. The summed E-state index contributed by atoms with van der Waals surface area (Å²) in [5, 5.41) is 13.3. The molecule has 114 valence electrons. The molecule has 1 N–H and O–H groups in total. The predicted molar refractivity (Wildman–Crippen MR) is 78.9 cm³/mol. The lowest BCUT2D eigenvalue weighted by molar-refractivity contribution is -0.387. The van der Waals surface area contributed by atoms with E-state index in [0.717, 1.165) is 17.3 Å². The summed E-state index contributed by atoms with van der Waals surface area (Å²) in [5.74, 6) is -0.270. The Bertz CT molecular complexity index is 566. The fraction of sp³-hybridized carbons (Fsp3) is 0.417. The van der Waals surface area contributed by atoms with E-state index in [1.54, 1.807) is 23.5 Å². The van der Waals surface area contributed by atoms with Gasteiger partial charge in [-0.05, 0) is 6.07 Å². The molecule has 1 unspecified atom stereocenters. The van der Waals surface area contributed by atoms with Crippen molar-refractivity contribution < 1.29 is 18.5 Å². The minimum atomic E-state index is -1.32. The Balaban J connectivity index is 2.09. The van der Waals surface area contributed by atoms with Gasteiger partial charge in [-0.2, -0.15) is 27.9 Å². The van der Waals surface area contributed by atoms with Gasteiger partial charge in [0.1, 0.15) is 5.82 Å². The van der Waals surface area contributed by atoms with Crippen LogP contribution >= 0.6 is 23.5 Å². The molecule has 1 atom stereocenters. The van der Waals surface area contributed by atoms with E-state index >= 15 is 0 Å². The fourth-order valence-electron chi connectivity index (χ4n) is 1.83. The molecule has 1 fully saturated rings. The monoisotopic (exact) mass is 334 g/mol. The summed E-state index contributed by atoms with van der Waals surface area (Å²) in [6.45, 7) is 0.320. The molecule has 5 nitrogen and oxygen atoms in total. The largest absolute Gasteiger partial charge is 0.351 e. The summed E-state index contributed by atoms with van der Waals surface area (Å²) in [6.07, 6.45) is 0. The molecule has 1 aliphatic heterocycles. The van der Waals surface area contributed by atoms with E-state index in [-0.39, 0.29) is 5.25 Å². The van der Waals surface area contributed by atoms with Gasteiger partial charge in [-0.25, -0.2) is 4.39 Å². The highest BCUT2D eigenvalue weighted by Crippen LogP contribution is 2.24. The first kappa shape index (κ1) is 16.0. The second-order valence-electron chi connectivity index (χ2n) is 4.32. The number of halogens is 2. The number of nitrogens with one attached hydrogen (secondary N) is 1. The third-order valence-electron chi connectivity index (χ3n) is 2.83. The van der Waals surface area contributed by atoms with E-state index in [9.17, 15) is 23.7 Å². The topological polar surface area (TPSA) is 72.2 Å². The summed E-state index contributed by atoms with van der Waals surface area (Å²) in [6, 6.07) is 1.13. The number of nitro groups is 1. The molecule has 21 heavy (non-hydrogen) atoms. The van der Waals surface area contributed by atoms with Crippen LogP contribution in [0.2, 0.25) is 0 Å². The van der Waals surface area contributed by atoms with Crippen LogP contribution in [0.15, 0.2) is 12.1 Å². The van der Waals surface area contributed by atoms with Crippen molar-refractivity contribution in [1.82, 2.24) is 5.32 Å². The zero-order valence-corrected chi connectivity index (χ0v) is 12.4. The average Bonchev–Trinajstić information content (AvgIpc) is 2.47. The van der Waals surface area contributed by atoms with Crippen LogP contribution in [-0.2, 0) is 0 Å². The van der Waals surface area contributed by atoms with Crippen LogP contribution in [0, 0.1) is 21.7 Å². The number of nitrogens with zero attached hydrogens (tertiary/aromatic N) is 1. The number of thioether (sulfide) groups is 2. The van der Waals surface area contributed by atoms with Gasteiger partial charge in [-0.15, -0.1) is 0 Å². The number of amides is 1. The Labute approximate surface area is 128 Å². The highest BCUT2D eigenvalue weighted by atomic mass is 32.2. The van der Waals surface area contributed by atoms with Gasteiger partial charge in [0.25, 0.3) is 5.91 Å². The SMILES string of the molecule is O=C(NCC1CSCCS1)c1cc(F)cc([N+](=O)[O-])c1F. The Kier molecular flexibility index (Phi) is 5.40. The first-order chi connectivity index (χ1) is 9.99. The van der Waals surface area contributed by atoms with Crippen molar-refractivity contribution in [3.8, 4) is 0 Å². The highest BCUT2D eigenvalue weighted by molar-refractivity contribution is 8.06. The van der Waals surface area contributed by atoms with Gasteiger partial charge >= 0.3 is 5.69 Å². The smallest absolute Gasteiger partial charge is 0.308 e. The number of carbonyl (C=O) groups excluding carboxylic acids is 1. The highest BCUT2D eigenvalue weighted by Gasteiger charge is 2.25. The number of rotatable bonds is 4. The normalized spacial score (nSPS) is 18.3. The van der Waals surface area contributed by atoms with Gasteiger partial charge in [-0.1, -0.05) is 0 Å². The fourth-order valence-corrected chi connectivity index (χ4v) is 4.44. The molecule has 1 amide bonds. The Morgan fingerprint density at radius 1 is 1.43 bits per heavy atom. The van der Waals surface area contributed by atoms with Crippen molar-refractivity contribution in [2.75, 3.05) is 23.8 Å². The van der Waals surface area contributed by atoms with E-state index in [2.05, 4.69) is 5.32 Å². The lowest BCUT2D eigenvalue weighted by atomic mass is 10.1. The predicted octanol–water partition coefficient (Wildman–Crippen LogP) is 2.45. The van der Waals surface area contributed by atoms with Crippen LogP contribution in [0.4, 0.5) is 14.5 Å². The summed E-state index contributed by atoms with van der Waals surface area (Å²) in [4.78, 5) is 21.4. The minimum Gasteiger partial charge on any atom is -0.351 e. The molecule has 0 aliphatic carbocycles. The number of nitro benzene ring substituents is 1. The van der Waals surface area contributed by atoms with Crippen LogP contribution in [0.5, 0.6) is 0 Å². The average molecular weight is 334 g/mol. The first-order valence-corrected chi connectivity index (χ1v) is 8.30. The maximum absolute atomic E-state index is 13.8. The van der Waals surface area contributed by atoms with E-state index in [4.69, 9.17) is 0 Å². The van der Waals surface area contributed by atoms with Crippen LogP contribution in [-0.4, -0.2) is 39.9 Å². The van der Waals surface area contributed by atoms with Crippen molar-refractivity contribution in [3.05, 3.63) is 39.4 Å². The van der Waals surface area contributed by atoms with Crippen molar-refractivity contribution >= 4 is 35.1 Å². The summed E-state index contributed by atoms with van der Waals surface area (Å²) in [7, 11) is 0. The molecule has 1 heterocycles. The van der Waals surface area contributed by atoms with Gasteiger partial charge in [-0.3, -0.25) is 14.9 Å². The van der Waals surface area contributed by atoms with Gasteiger partial charge in [0.05, 0.1) is 16.6 Å². The maximum atomic E-state index is 13.8. The minimum absolute atomic E-state index is 0.208. The summed E-state index contributed by atoms with van der Waals surface area (Å²) >= 11 is 3.47. The quantitative estimate of drug-likeness (QED) is 0.676. The molecule has 9 heteroatoms.